The molecule has 3 nitrogen and oxygen atoms in total. The Balaban J connectivity index is 0.00000169. The lowest BCUT2D eigenvalue weighted by Gasteiger charge is -2.07. The molecule has 1 aromatic rings. The quantitative estimate of drug-likeness (QED) is 0.839. The molecule has 5 heteroatoms. The molecule has 1 rings (SSSR count). The van der Waals surface area contributed by atoms with Gasteiger partial charge in [0.1, 0.15) is 6.04 Å². The van der Waals surface area contributed by atoms with E-state index >= 15 is 0 Å². The Kier molecular flexibility index (Phi) is 5.53. The maximum absolute atomic E-state index is 10.4. The molecular weight excluding hydrogens is 225 g/mol. The molecular formula is C9H11Cl2NO2. The molecule has 0 saturated carbocycles. The molecule has 1 atom stereocenters. The van der Waals surface area contributed by atoms with Gasteiger partial charge in [0, 0.05) is 5.02 Å². The smallest absolute Gasteiger partial charge is 0.320 e. The molecule has 14 heavy (non-hydrogen) atoms. The molecule has 0 bridgehead atoms. The number of carboxylic acid groups (broad SMARTS) is 1. The number of aliphatic carboxylic acids is 1. The second-order valence-corrected chi connectivity index (χ2v) is 3.15. The molecule has 0 aliphatic rings. The van der Waals surface area contributed by atoms with Crippen LogP contribution in [0.5, 0.6) is 0 Å². The molecule has 0 aliphatic carbocycles. The molecule has 0 heterocycles. The first kappa shape index (κ1) is 13.2. The third-order valence-corrected chi connectivity index (χ3v) is 2.08. The number of nitrogens with two attached hydrogens (primary N) is 1. The van der Waals surface area contributed by atoms with Gasteiger partial charge in [-0.15, -0.1) is 12.4 Å². The summed E-state index contributed by atoms with van der Waals surface area (Å²) >= 11 is 5.82. The third kappa shape index (κ3) is 3.54. The van der Waals surface area contributed by atoms with Gasteiger partial charge in [-0.3, -0.25) is 4.79 Å². The van der Waals surface area contributed by atoms with Gasteiger partial charge in [-0.25, -0.2) is 0 Å². The molecule has 0 radical (unpaired) electrons. The van der Waals surface area contributed by atoms with Crippen LogP contribution in [0.15, 0.2) is 24.3 Å². The molecule has 0 spiro atoms. The molecule has 0 aliphatic heterocycles. The van der Waals surface area contributed by atoms with Gasteiger partial charge in [0.05, 0.1) is 0 Å². The van der Waals surface area contributed by atoms with Crippen LogP contribution in [-0.2, 0) is 11.2 Å². The highest BCUT2D eigenvalue weighted by Crippen LogP contribution is 2.15. The summed E-state index contributed by atoms with van der Waals surface area (Å²) in [6, 6.07) is 6.18. The SMILES string of the molecule is Cl.NC(Cc1ccccc1Cl)C(=O)O. The van der Waals surface area contributed by atoms with Crippen molar-refractivity contribution in [3.63, 3.8) is 0 Å². The van der Waals surface area contributed by atoms with Crippen LogP contribution in [0.4, 0.5) is 0 Å². The Morgan fingerprint density at radius 3 is 2.57 bits per heavy atom. The second kappa shape index (κ2) is 5.86. The van der Waals surface area contributed by atoms with E-state index in [4.69, 9.17) is 22.4 Å². The van der Waals surface area contributed by atoms with Gasteiger partial charge in [0.2, 0.25) is 0 Å². The highest BCUT2D eigenvalue weighted by atomic mass is 35.5. The second-order valence-electron chi connectivity index (χ2n) is 2.74. The third-order valence-electron chi connectivity index (χ3n) is 1.71. The number of hydrogen-bond acceptors (Lipinski definition) is 2. The predicted octanol–water partition coefficient (Wildman–Crippen LogP) is 1.72. The van der Waals surface area contributed by atoms with E-state index in [-0.39, 0.29) is 18.8 Å². The minimum Gasteiger partial charge on any atom is -0.480 e. The van der Waals surface area contributed by atoms with Crippen molar-refractivity contribution in [3.8, 4) is 0 Å². The van der Waals surface area contributed by atoms with Crippen molar-refractivity contribution in [2.24, 2.45) is 5.73 Å². The Labute approximate surface area is 93.3 Å². The van der Waals surface area contributed by atoms with Gasteiger partial charge in [-0.05, 0) is 18.1 Å². The van der Waals surface area contributed by atoms with Crippen molar-refractivity contribution < 1.29 is 9.90 Å². The average molecular weight is 236 g/mol. The zero-order chi connectivity index (χ0) is 9.84. The summed E-state index contributed by atoms with van der Waals surface area (Å²) in [5.41, 5.74) is 6.12. The first-order valence-electron chi connectivity index (χ1n) is 3.83. The predicted molar refractivity (Wildman–Crippen MR) is 58.0 cm³/mol. The van der Waals surface area contributed by atoms with E-state index in [1.807, 2.05) is 0 Å². The van der Waals surface area contributed by atoms with E-state index in [0.29, 0.717) is 5.02 Å². The summed E-state index contributed by atoms with van der Waals surface area (Å²) in [7, 11) is 0. The van der Waals surface area contributed by atoms with Crippen LogP contribution in [0.1, 0.15) is 5.56 Å². The van der Waals surface area contributed by atoms with Crippen LogP contribution in [0.3, 0.4) is 0 Å². The molecule has 0 saturated heterocycles. The average Bonchev–Trinajstić information content (AvgIpc) is 2.08. The maximum atomic E-state index is 10.4. The monoisotopic (exact) mass is 235 g/mol. The van der Waals surface area contributed by atoms with Crippen molar-refractivity contribution in [3.05, 3.63) is 34.9 Å². The topological polar surface area (TPSA) is 63.3 Å². The molecule has 1 unspecified atom stereocenters. The number of benzene rings is 1. The normalized spacial score (nSPS) is 11.6. The Morgan fingerprint density at radius 1 is 1.50 bits per heavy atom. The highest BCUT2D eigenvalue weighted by Gasteiger charge is 2.13. The van der Waals surface area contributed by atoms with Gasteiger partial charge in [-0.1, -0.05) is 29.8 Å². The molecule has 1 aromatic carbocycles. The molecule has 3 N–H and O–H groups in total. The first-order chi connectivity index (χ1) is 6.11. The lowest BCUT2D eigenvalue weighted by atomic mass is 10.1. The van der Waals surface area contributed by atoms with Gasteiger partial charge >= 0.3 is 5.97 Å². The number of hydrogen-bond donors (Lipinski definition) is 2. The minimum absolute atomic E-state index is 0. The van der Waals surface area contributed by atoms with Crippen molar-refractivity contribution in [1.82, 2.24) is 0 Å². The Morgan fingerprint density at radius 2 is 2.07 bits per heavy atom. The zero-order valence-electron chi connectivity index (χ0n) is 7.31. The zero-order valence-corrected chi connectivity index (χ0v) is 8.89. The number of rotatable bonds is 3. The van der Waals surface area contributed by atoms with E-state index in [1.54, 1.807) is 24.3 Å². The fourth-order valence-electron chi connectivity index (χ4n) is 0.988. The van der Waals surface area contributed by atoms with E-state index in [2.05, 4.69) is 0 Å². The van der Waals surface area contributed by atoms with Gasteiger partial charge in [0.15, 0.2) is 0 Å². The largest absolute Gasteiger partial charge is 0.480 e. The summed E-state index contributed by atoms with van der Waals surface area (Å²) in [6.07, 6.45) is 0.259. The van der Waals surface area contributed by atoms with Crippen molar-refractivity contribution in [1.29, 1.82) is 0 Å². The van der Waals surface area contributed by atoms with E-state index in [1.165, 1.54) is 0 Å². The van der Waals surface area contributed by atoms with Crippen LogP contribution in [0.25, 0.3) is 0 Å². The summed E-state index contributed by atoms with van der Waals surface area (Å²) in [4.78, 5) is 10.4. The molecule has 0 amide bonds. The minimum atomic E-state index is -1.01. The van der Waals surface area contributed by atoms with Crippen LogP contribution in [0.2, 0.25) is 5.02 Å². The summed E-state index contributed by atoms with van der Waals surface area (Å²) in [5.74, 6) is -1.01. The Hall–Kier alpha value is -0.770. The van der Waals surface area contributed by atoms with Crippen LogP contribution >= 0.6 is 24.0 Å². The number of carbonyl (C=O) groups is 1. The van der Waals surface area contributed by atoms with Crippen LogP contribution in [-0.4, -0.2) is 17.1 Å². The fraction of sp³-hybridized carbons (Fsp3) is 0.222. The number of halogens is 2. The van der Waals surface area contributed by atoms with Crippen molar-refractivity contribution in [2.45, 2.75) is 12.5 Å². The molecule has 0 aromatic heterocycles. The summed E-state index contributed by atoms with van der Waals surface area (Å²) in [6.45, 7) is 0. The standard InChI is InChI=1S/C9H10ClNO2.ClH/c10-7-4-2-1-3-6(7)5-8(11)9(12)13;/h1-4,8H,5,11H2,(H,12,13);1H. The number of carboxylic acids is 1. The van der Waals surface area contributed by atoms with Crippen molar-refractivity contribution >= 4 is 30.0 Å². The lowest BCUT2D eigenvalue weighted by Crippen LogP contribution is -2.32. The lowest BCUT2D eigenvalue weighted by molar-refractivity contribution is -0.138. The maximum Gasteiger partial charge on any atom is 0.320 e. The fourth-order valence-corrected chi connectivity index (χ4v) is 1.20. The highest BCUT2D eigenvalue weighted by molar-refractivity contribution is 6.31. The van der Waals surface area contributed by atoms with E-state index in [0.717, 1.165) is 5.56 Å². The summed E-state index contributed by atoms with van der Waals surface area (Å²) < 4.78 is 0. The summed E-state index contributed by atoms with van der Waals surface area (Å²) in [5, 5.41) is 9.12. The van der Waals surface area contributed by atoms with Crippen molar-refractivity contribution in [2.75, 3.05) is 0 Å². The molecule has 78 valence electrons. The van der Waals surface area contributed by atoms with E-state index < -0.39 is 12.0 Å². The van der Waals surface area contributed by atoms with Crippen LogP contribution < -0.4 is 5.73 Å². The first-order valence-corrected chi connectivity index (χ1v) is 4.21. The van der Waals surface area contributed by atoms with Gasteiger partial charge in [-0.2, -0.15) is 0 Å². The van der Waals surface area contributed by atoms with Crippen LogP contribution in [0, 0.1) is 0 Å². The molecule has 0 fully saturated rings. The van der Waals surface area contributed by atoms with Gasteiger partial charge in [0.25, 0.3) is 0 Å². The van der Waals surface area contributed by atoms with Gasteiger partial charge < -0.3 is 10.8 Å². The Bertz CT molecular complexity index is 317. The van der Waals surface area contributed by atoms with E-state index in [9.17, 15) is 4.79 Å².